The Bertz CT molecular complexity index is 482. The molecule has 0 amide bonds. The standard InChI is InChI=1S/C16H23NO2/c1-11-7-13(3)15(8-12(11)2)16(19)10-17-6-4-5-14(18)9-17/h7-8,14,18H,4-6,9-10H2,1-3H3. The molecule has 0 spiro atoms. The molecule has 1 saturated heterocycles. The molecule has 0 bridgehead atoms. The van der Waals surface area contributed by atoms with E-state index in [0.717, 1.165) is 36.1 Å². The zero-order chi connectivity index (χ0) is 14.0. The number of piperidine rings is 1. The number of carbonyl (C=O) groups excluding carboxylic acids is 1. The van der Waals surface area contributed by atoms with E-state index in [0.29, 0.717) is 13.1 Å². The van der Waals surface area contributed by atoms with Crippen molar-refractivity contribution in [2.45, 2.75) is 39.7 Å². The van der Waals surface area contributed by atoms with E-state index in [2.05, 4.69) is 17.9 Å². The molecule has 1 aliphatic heterocycles. The Morgan fingerprint density at radius 2 is 1.95 bits per heavy atom. The summed E-state index contributed by atoms with van der Waals surface area (Å²) in [6, 6.07) is 4.07. The lowest BCUT2D eigenvalue weighted by Gasteiger charge is -2.29. The molecule has 3 nitrogen and oxygen atoms in total. The minimum Gasteiger partial charge on any atom is -0.392 e. The van der Waals surface area contributed by atoms with E-state index in [1.807, 2.05) is 19.9 Å². The lowest BCUT2D eigenvalue weighted by Crippen LogP contribution is -2.41. The predicted octanol–water partition coefficient (Wildman–Crippen LogP) is 2.25. The van der Waals surface area contributed by atoms with E-state index in [-0.39, 0.29) is 11.9 Å². The Hall–Kier alpha value is -1.19. The first kappa shape index (κ1) is 14.2. The van der Waals surface area contributed by atoms with Gasteiger partial charge in [0, 0.05) is 12.1 Å². The number of likely N-dealkylation sites (tertiary alicyclic amines) is 1. The number of ketones is 1. The molecule has 1 aromatic rings. The van der Waals surface area contributed by atoms with Gasteiger partial charge in [0.05, 0.1) is 12.6 Å². The fourth-order valence-electron chi connectivity index (χ4n) is 2.72. The maximum atomic E-state index is 12.4. The Labute approximate surface area is 115 Å². The number of aliphatic hydroxyl groups excluding tert-OH is 1. The maximum Gasteiger partial charge on any atom is 0.177 e. The topological polar surface area (TPSA) is 40.5 Å². The number of β-amino-alcohol motifs (C(OH)–C–C–N with tert-alkyl or cyclic N) is 1. The van der Waals surface area contributed by atoms with Gasteiger partial charge in [-0.05, 0) is 62.9 Å². The first-order valence-corrected chi connectivity index (χ1v) is 6.99. The fourth-order valence-corrected chi connectivity index (χ4v) is 2.72. The van der Waals surface area contributed by atoms with Gasteiger partial charge < -0.3 is 5.11 Å². The molecule has 0 saturated carbocycles. The summed E-state index contributed by atoms with van der Waals surface area (Å²) in [6.07, 6.45) is 1.55. The fraction of sp³-hybridized carbons (Fsp3) is 0.562. The number of aryl methyl sites for hydroxylation is 3. The van der Waals surface area contributed by atoms with Crippen LogP contribution in [0.3, 0.4) is 0 Å². The van der Waals surface area contributed by atoms with Crippen molar-refractivity contribution in [2.24, 2.45) is 0 Å². The highest BCUT2D eigenvalue weighted by Crippen LogP contribution is 2.17. The zero-order valence-electron chi connectivity index (χ0n) is 12.1. The molecule has 1 heterocycles. The lowest BCUT2D eigenvalue weighted by atomic mass is 9.97. The van der Waals surface area contributed by atoms with Crippen molar-refractivity contribution in [3.05, 3.63) is 34.4 Å². The van der Waals surface area contributed by atoms with E-state index < -0.39 is 0 Å². The number of aliphatic hydroxyl groups is 1. The van der Waals surface area contributed by atoms with Crippen molar-refractivity contribution >= 4 is 5.78 Å². The van der Waals surface area contributed by atoms with Crippen LogP contribution in [0, 0.1) is 20.8 Å². The van der Waals surface area contributed by atoms with Gasteiger partial charge in [-0.3, -0.25) is 9.69 Å². The molecule has 1 fully saturated rings. The second-order valence-corrected chi connectivity index (χ2v) is 5.71. The van der Waals surface area contributed by atoms with Gasteiger partial charge in [-0.15, -0.1) is 0 Å². The molecule has 0 radical (unpaired) electrons. The van der Waals surface area contributed by atoms with Gasteiger partial charge in [-0.25, -0.2) is 0 Å². The van der Waals surface area contributed by atoms with Gasteiger partial charge in [0.15, 0.2) is 5.78 Å². The van der Waals surface area contributed by atoms with Crippen LogP contribution in [0.25, 0.3) is 0 Å². The van der Waals surface area contributed by atoms with E-state index in [9.17, 15) is 9.90 Å². The molecular weight excluding hydrogens is 238 g/mol. The smallest absolute Gasteiger partial charge is 0.177 e. The van der Waals surface area contributed by atoms with Crippen LogP contribution >= 0.6 is 0 Å². The van der Waals surface area contributed by atoms with Gasteiger partial charge in [0.25, 0.3) is 0 Å². The van der Waals surface area contributed by atoms with E-state index in [4.69, 9.17) is 0 Å². The molecule has 1 unspecified atom stereocenters. The van der Waals surface area contributed by atoms with Crippen LogP contribution in [-0.4, -0.2) is 41.5 Å². The first-order valence-electron chi connectivity index (χ1n) is 6.99. The summed E-state index contributed by atoms with van der Waals surface area (Å²) >= 11 is 0. The Kier molecular flexibility index (Phi) is 4.38. The van der Waals surface area contributed by atoms with Gasteiger partial charge in [-0.1, -0.05) is 6.07 Å². The van der Waals surface area contributed by atoms with Crippen LogP contribution in [0.5, 0.6) is 0 Å². The van der Waals surface area contributed by atoms with Crippen LogP contribution in [-0.2, 0) is 0 Å². The van der Waals surface area contributed by atoms with Crippen molar-refractivity contribution < 1.29 is 9.90 Å². The number of benzene rings is 1. The molecular formula is C16H23NO2. The lowest BCUT2D eigenvalue weighted by molar-refractivity contribution is 0.0634. The molecule has 3 heteroatoms. The summed E-state index contributed by atoms with van der Waals surface area (Å²) in [4.78, 5) is 14.4. The zero-order valence-corrected chi connectivity index (χ0v) is 12.1. The third kappa shape index (κ3) is 3.43. The largest absolute Gasteiger partial charge is 0.392 e. The minimum atomic E-state index is -0.276. The summed E-state index contributed by atoms with van der Waals surface area (Å²) in [7, 11) is 0. The number of carbonyl (C=O) groups is 1. The second-order valence-electron chi connectivity index (χ2n) is 5.71. The number of rotatable bonds is 3. The van der Waals surface area contributed by atoms with Crippen molar-refractivity contribution in [2.75, 3.05) is 19.6 Å². The molecule has 19 heavy (non-hydrogen) atoms. The van der Waals surface area contributed by atoms with E-state index >= 15 is 0 Å². The van der Waals surface area contributed by atoms with E-state index in [1.165, 1.54) is 5.56 Å². The van der Waals surface area contributed by atoms with Gasteiger partial charge in [-0.2, -0.15) is 0 Å². The molecule has 2 rings (SSSR count). The molecule has 1 aliphatic rings. The van der Waals surface area contributed by atoms with Crippen molar-refractivity contribution in [3.8, 4) is 0 Å². The molecule has 1 N–H and O–H groups in total. The van der Waals surface area contributed by atoms with Crippen LogP contribution in [0.1, 0.15) is 39.9 Å². The normalized spacial score (nSPS) is 20.5. The van der Waals surface area contributed by atoms with Crippen molar-refractivity contribution in [1.82, 2.24) is 4.90 Å². The SMILES string of the molecule is Cc1cc(C)c(C(=O)CN2CCCC(O)C2)cc1C. The molecule has 0 aliphatic carbocycles. The Balaban J connectivity index is 2.09. The third-order valence-electron chi connectivity index (χ3n) is 3.99. The quantitative estimate of drug-likeness (QED) is 0.848. The summed E-state index contributed by atoms with van der Waals surface area (Å²) < 4.78 is 0. The van der Waals surface area contributed by atoms with E-state index in [1.54, 1.807) is 0 Å². The highest BCUT2D eigenvalue weighted by atomic mass is 16.3. The summed E-state index contributed by atoms with van der Waals surface area (Å²) in [6.45, 7) is 8.04. The average molecular weight is 261 g/mol. The van der Waals surface area contributed by atoms with Gasteiger partial charge in [0.1, 0.15) is 0 Å². The van der Waals surface area contributed by atoms with Crippen LogP contribution in [0.15, 0.2) is 12.1 Å². The van der Waals surface area contributed by atoms with Crippen molar-refractivity contribution in [1.29, 1.82) is 0 Å². The second kappa shape index (κ2) is 5.85. The van der Waals surface area contributed by atoms with Crippen LogP contribution in [0.4, 0.5) is 0 Å². The third-order valence-corrected chi connectivity index (χ3v) is 3.99. The average Bonchev–Trinajstić information content (AvgIpc) is 2.33. The van der Waals surface area contributed by atoms with Gasteiger partial charge >= 0.3 is 0 Å². The summed E-state index contributed by atoms with van der Waals surface area (Å²) in [5, 5.41) is 9.65. The minimum absolute atomic E-state index is 0.162. The molecule has 1 atom stereocenters. The molecule has 0 aromatic heterocycles. The number of Topliss-reactive ketones (excluding diaryl/α,β-unsaturated/α-hetero) is 1. The first-order chi connectivity index (χ1) is 8.97. The van der Waals surface area contributed by atoms with Crippen molar-refractivity contribution in [3.63, 3.8) is 0 Å². The summed E-state index contributed by atoms with van der Waals surface area (Å²) in [5.74, 6) is 0.162. The molecule has 104 valence electrons. The highest BCUT2D eigenvalue weighted by molar-refractivity contribution is 5.99. The summed E-state index contributed by atoms with van der Waals surface area (Å²) in [5.41, 5.74) is 4.25. The maximum absolute atomic E-state index is 12.4. The number of hydrogen-bond acceptors (Lipinski definition) is 3. The Morgan fingerprint density at radius 1 is 1.26 bits per heavy atom. The van der Waals surface area contributed by atoms with Crippen LogP contribution < -0.4 is 0 Å². The highest BCUT2D eigenvalue weighted by Gasteiger charge is 2.21. The number of hydrogen-bond donors (Lipinski definition) is 1. The number of nitrogens with zero attached hydrogens (tertiary/aromatic N) is 1. The molecule has 1 aromatic carbocycles. The monoisotopic (exact) mass is 261 g/mol. The predicted molar refractivity (Wildman–Crippen MR) is 76.7 cm³/mol. The van der Waals surface area contributed by atoms with Crippen LogP contribution in [0.2, 0.25) is 0 Å². The Morgan fingerprint density at radius 3 is 2.63 bits per heavy atom. The van der Waals surface area contributed by atoms with Gasteiger partial charge in [0.2, 0.25) is 0 Å².